The van der Waals surface area contributed by atoms with Gasteiger partial charge in [0.05, 0.1) is 22.3 Å². The molecule has 4 saturated carbocycles. The van der Waals surface area contributed by atoms with Crippen molar-refractivity contribution in [1.82, 2.24) is 20.2 Å². The lowest BCUT2D eigenvalue weighted by atomic mass is 9.53. The molecule has 4 fully saturated rings. The van der Waals surface area contributed by atoms with E-state index < -0.39 is 11.9 Å². The van der Waals surface area contributed by atoms with Crippen molar-refractivity contribution in [2.75, 3.05) is 5.75 Å². The van der Waals surface area contributed by atoms with Gasteiger partial charge in [-0.25, -0.2) is 9.78 Å². The van der Waals surface area contributed by atoms with Crippen LogP contribution >= 0.6 is 11.8 Å². The van der Waals surface area contributed by atoms with Gasteiger partial charge in [0.1, 0.15) is 0 Å². The summed E-state index contributed by atoms with van der Waals surface area (Å²) in [4.78, 5) is 43.4. The van der Waals surface area contributed by atoms with E-state index in [1.165, 1.54) is 23.8 Å². The Hall–Kier alpha value is -3.13. The summed E-state index contributed by atoms with van der Waals surface area (Å²) in [6.45, 7) is 0. The maximum Gasteiger partial charge on any atom is 0.321 e. The van der Waals surface area contributed by atoms with Gasteiger partial charge in [-0.2, -0.15) is 0 Å². The number of aromatic nitrogens is 2. The van der Waals surface area contributed by atoms with E-state index in [0.29, 0.717) is 39.5 Å². The molecule has 3 aromatic rings. The summed E-state index contributed by atoms with van der Waals surface area (Å²) in [6.07, 6.45) is 6.96. The van der Waals surface area contributed by atoms with Gasteiger partial charge in [-0.1, -0.05) is 42.1 Å². The number of rotatable bonds is 5. The van der Waals surface area contributed by atoms with Crippen molar-refractivity contribution in [2.24, 2.45) is 17.8 Å². The van der Waals surface area contributed by atoms with E-state index in [-0.39, 0.29) is 16.9 Å². The largest absolute Gasteiger partial charge is 0.332 e. The molecule has 0 spiro atoms. The molecule has 180 valence electrons. The average Bonchev–Trinajstić information content (AvgIpc) is 2.82. The minimum atomic E-state index is -0.413. The molecule has 0 unspecified atom stereocenters. The highest BCUT2D eigenvalue weighted by Gasteiger charge is 2.51. The van der Waals surface area contributed by atoms with Gasteiger partial charge < -0.3 is 5.32 Å². The number of hydrogen-bond acceptors (Lipinski definition) is 5. The number of nitrogens with one attached hydrogen (secondary N) is 2. The lowest BCUT2D eigenvalue weighted by molar-refractivity contribution is -0.117. The summed E-state index contributed by atoms with van der Waals surface area (Å²) in [5, 5.41) is 6.61. The normalized spacial score (nSPS) is 26.6. The molecule has 7 nitrogen and oxygen atoms in total. The van der Waals surface area contributed by atoms with E-state index >= 15 is 0 Å². The van der Waals surface area contributed by atoms with Crippen molar-refractivity contribution in [3.8, 4) is 5.69 Å². The van der Waals surface area contributed by atoms with Gasteiger partial charge in [0.2, 0.25) is 5.91 Å². The zero-order valence-electron chi connectivity index (χ0n) is 19.4. The van der Waals surface area contributed by atoms with E-state index in [2.05, 4.69) is 15.6 Å². The second-order valence-corrected chi connectivity index (χ2v) is 11.3. The Kier molecular flexibility index (Phi) is 5.63. The Morgan fingerprint density at radius 2 is 1.57 bits per heavy atom. The Morgan fingerprint density at radius 1 is 0.943 bits per heavy atom. The number of amides is 3. The molecule has 4 bridgehead atoms. The number of para-hydroxylation sites is 2. The van der Waals surface area contributed by atoms with Gasteiger partial charge in [0, 0.05) is 5.54 Å². The Balaban J connectivity index is 1.16. The fraction of sp³-hybridized carbons (Fsp3) is 0.407. The lowest BCUT2D eigenvalue weighted by Crippen LogP contribution is -2.61. The molecule has 1 aromatic heterocycles. The number of nitrogens with zero attached hydrogens (tertiary/aromatic N) is 2. The summed E-state index contributed by atoms with van der Waals surface area (Å²) in [5.74, 6) is 1.70. The quantitative estimate of drug-likeness (QED) is 0.413. The van der Waals surface area contributed by atoms with Crippen LogP contribution in [0.3, 0.4) is 0 Å². The van der Waals surface area contributed by atoms with E-state index in [1.807, 2.05) is 42.5 Å². The van der Waals surface area contributed by atoms with Crippen LogP contribution in [0.2, 0.25) is 0 Å². The third-order valence-corrected chi connectivity index (χ3v) is 8.70. The van der Waals surface area contributed by atoms with Gasteiger partial charge in [0.15, 0.2) is 5.16 Å². The lowest BCUT2D eigenvalue weighted by Gasteiger charge is -2.56. The van der Waals surface area contributed by atoms with Crippen molar-refractivity contribution in [3.05, 3.63) is 65.0 Å². The first-order valence-electron chi connectivity index (χ1n) is 12.3. The highest BCUT2D eigenvalue weighted by Crippen LogP contribution is 2.55. The fourth-order valence-electron chi connectivity index (χ4n) is 6.84. The molecule has 4 aliphatic carbocycles. The molecular formula is C27H28N4O3S. The predicted octanol–water partition coefficient (Wildman–Crippen LogP) is 4.27. The number of urea groups is 1. The number of hydrogen-bond donors (Lipinski definition) is 2. The Labute approximate surface area is 207 Å². The summed E-state index contributed by atoms with van der Waals surface area (Å²) in [7, 11) is 0. The molecule has 1 heterocycles. The van der Waals surface area contributed by atoms with Crippen LogP contribution in [0.1, 0.15) is 38.5 Å². The molecule has 35 heavy (non-hydrogen) atoms. The number of carbonyl (C=O) groups excluding carboxylic acids is 2. The fourth-order valence-corrected chi connectivity index (χ4v) is 7.66. The van der Waals surface area contributed by atoms with Gasteiger partial charge >= 0.3 is 6.03 Å². The van der Waals surface area contributed by atoms with Crippen molar-refractivity contribution in [3.63, 3.8) is 0 Å². The van der Waals surface area contributed by atoms with Crippen molar-refractivity contribution < 1.29 is 9.59 Å². The number of carbonyl (C=O) groups is 2. The maximum atomic E-state index is 13.3. The summed E-state index contributed by atoms with van der Waals surface area (Å²) in [6, 6.07) is 16.0. The van der Waals surface area contributed by atoms with Gasteiger partial charge in [-0.3, -0.25) is 19.5 Å². The summed E-state index contributed by atoms with van der Waals surface area (Å²) >= 11 is 1.15. The summed E-state index contributed by atoms with van der Waals surface area (Å²) in [5.41, 5.74) is 0.912. The third-order valence-electron chi connectivity index (χ3n) is 7.76. The predicted molar refractivity (Wildman–Crippen MR) is 136 cm³/mol. The molecule has 0 radical (unpaired) electrons. The molecule has 3 amide bonds. The van der Waals surface area contributed by atoms with E-state index in [9.17, 15) is 14.4 Å². The Bertz CT molecular complexity index is 1320. The first-order chi connectivity index (χ1) is 17.0. The average molecular weight is 489 g/mol. The second kappa shape index (κ2) is 8.82. The van der Waals surface area contributed by atoms with E-state index in [4.69, 9.17) is 0 Å². The van der Waals surface area contributed by atoms with Crippen LogP contribution in [0, 0.1) is 17.8 Å². The molecule has 0 aliphatic heterocycles. The van der Waals surface area contributed by atoms with Crippen molar-refractivity contribution >= 4 is 34.6 Å². The van der Waals surface area contributed by atoms with Gasteiger partial charge in [-0.05, 0) is 80.5 Å². The molecule has 2 N–H and O–H groups in total. The van der Waals surface area contributed by atoms with Crippen LogP contribution < -0.4 is 16.2 Å². The van der Waals surface area contributed by atoms with Crippen LogP contribution in [-0.2, 0) is 4.79 Å². The topological polar surface area (TPSA) is 93.1 Å². The zero-order valence-corrected chi connectivity index (χ0v) is 20.2. The first kappa shape index (κ1) is 22.3. The minimum absolute atomic E-state index is 0.0219. The highest BCUT2D eigenvalue weighted by molar-refractivity contribution is 7.99. The molecule has 2 aromatic carbocycles. The third kappa shape index (κ3) is 4.35. The van der Waals surface area contributed by atoms with Gasteiger partial charge in [0.25, 0.3) is 5.56 Å². The van der Waals surface area contributed by atoms with Crippen LogP contribution in [-0.4, -0.2) is 32.8 Å². The smallest absolute Gasteiger partial charge is 0.321 e. The standard InChI is InChI=1S/C27H28N4O3S/c32-23(29-25(34)30-27-13-17-10-18(14-27)12-19(11-17)15-27)16-35-26-28-22-9-5-4-8-21(22)24(33)31(26)20-6-2-1-3-7-20/h1-9,17-19H,10-16H2,(H2,29,30,32,34). The number of fused-ring (bicyclic) bond motifs is 1. The monoisotopic (exact) mass is 488 g/mol. The molecule has 7 rings (SSSR count). The molecule has 0 atom stereocenters. The maximum absolute atomic E-state index is 13.3. The van der Waals surface area contributed by atoms with E-state index in [1.54, 1.807) is 12.1 Å². The minimum Gasteiger partial charge on any atom is -0.332 e. The van der Waals surface area contributed by atoms with Crippen LogP contribution in [0.5, 0.6) is 0 Å². The molecule has 4 aliphatic rings. The molecule has 8 heteroatoms. The molecule has 0 saturated heterocycles. The number of benzene rings is 2. The van der Waals surface area contributed by atoms with Crippen LogP contribution in [0.15, 0.2) is 64.5 Å². The van der Waals surface area contributed by atoms with Crippen LogP contribution in [0.25, 0.3) is 16.6 Å². The molecular weight excluding hydrogens is 460 g/mol. The Morgan fingerprint density at radius 3 is 2.26 bits per heavy atom. The first-order valence-corrected chi connectivity index (χ1v) is 13.3. The van der Waals surface area contributed by atoms with E-state index in [0.717, 1.165) is 31.0 Å². The van der Waals surface area contributed by atoms with Crippen molar-refractivity contribution in [1.29, 1.82) is 0 Å². The SMILES string of the molecule is O=C(CSc1nc2ccccc2c(=O)n1-c1ccccc1)NC(=O)NC12CC3CC(CC(C3)C1)C2. The number of thioether (sulfide) groups is 1. The highest BCUT2D eigenvalue weighted by atomic mass is 32.2. The summed E-state index contributed by atoms with van der Waals surface area (Å²) < 4.78 is 1.52. The zero-order chi connectivity index (χ0) is 24.0. The number of imide groups is 1. The van der Waals surface area contributed by atoms with Gasteiger partial charge in [-0.15, -0.1) is 0 Å². The van der Waals surface area contributed by atoms with Crippen LogP contribution in [0.4, 0.5) is 4.79 Å². The second-order valence-electron chi connectivity index (χ2n) is 10.4. The van der Waals surface area contributed by atoms with Crippen molar-refractivity contribution in [2.45, 2.75) is 49.2 Å².